The quantitative estimate of drug-likeness (QED) is 0.720. The fraction of sp³-hybridized carbons (Fsp3) is 0.611. The summed E-state index contributed by atoms with van der Waals surface area (Å²) in [5.74, 6) is -0.358. The normalized spacial score (nSPS) is 20.7. The summed E-state index contributed by atoms with van der Waals surface area (Å²) >= 11 is 0. The first-order valence-electron chi connectivity index (χ1n) is 9.33. The van der Waals surface area contributed by atoms with Crippen LogP contribution in [0, 0.1) is 5.82 Å². The van der Waals surface area contributed by atoms with Crippen LogP contribution in [0.1, 0.15) is 12.0 Å². The van der Waals surface area contributed by atoms with Crippen molar-refractivity contribution in [3.8, 4) is 0 Å². The molecule has 0 saturated carbocycles. The molecule has 2 saturated heterocycles. The van der Waals surface area contributed by atoms with Gasteiger partial charge in [0, 0.05) is 58.8 Å². The van der Waals surface area contributed by atoms with E-state index in [2.05, 4.69) is 4.90 Å². The molecule has 1 aromatic rings. The molecule has 0 bridgehead atoms. The van der Waals surface area contributed by atoms with Gasteiger partial charge in [0.15, 0.2) is 0 Å². The molecule has 1 aromatic carbocycles. The lowest BCUT2D eigenvalue weighted by Gasteiger charge is -2.39. The molecule has 0 unspecified atom stereocenters. The number of hydrogen-bond acceptors (Lipinski definition) is 4. The molecule has 2 heterocycles. The second-order valence-corrected chi connectivity index (χ2v) is 9.01. The fourth-order valence-corrected chi connectivity index (χ4v) is 5.03. The fourth-order valence-electron chi connectivity index (χ4n) is 3.45. The van der Waals surface area contributed by atoms with E-state index >= 15 is 0 Å². The third-order valence-corrected chi connectivity index (χ3v) is 7.31. The third-order valence-electron chi connectivity index (χ3n) is 5.27. The number of likely N-dealkylation sites (N-methyl/N-ethyl adjacent to an activating group) is 1. The summed E-state index contributed by atoms with van der Waals surface area (Å²) in [4.78, 5) is 16.2. The van der Waals surface area contributed by atoms with Crippen molar-refractivity contribution in [3.05, 3.63) is 35.6 Å². The first-order chi connectivity index (χ1) is 12.9. The summed E-state index contributed by atoms with van der Waals surface area (Å²) in [5.41, 5.74) is 0.530. The van der Waals surface area contributed by atoms with Gasteiger partial charge < -0.3 is 9.80 Å². The highest BCUT2D eigenvalue weighted by atomic mass is 32.2. The molecule has 0 aliphatic carbocycles. The first kappa shape index (κ1) is 20.2. The lowest BCUT2D eigenvalue weighted by Crippen LogP contribution is -2.57. The van der Waals surface area contributed by atoms with E-state index in [1.54, 1.807) is 23.1 Å². The van der Waals surface area contributed by atoms with E-state index in [-0.39, 0.29) is 18.1 Å². The van der Waals surface area contributed by atoms with E-state index < -0.39 is 10.2 Å². The zero-order valence-corrected chi connectivity index (χ0v) is 16.5. The zero-order chi connectivity index (χ0) is 19.4. The molecular weight excluding hydrogens is 371 g/mol. The molecule has 7 nitrogen and oxygen atoms in total. The molecule has 2 fully saturated rings. The molecule has 150 valence electrons. The molecule has 0 radical (unpaired) electrons. The van der Waals surface area contributed by atoms with E-state index in [0.717, 1.165) is 13.1 Å². The number of halogens is 1. The van der Waals surface area contributed by atoms with Gasteiger partial charge in [-0.15, -0.1) is 0 Å². The average Bonchev–Trinajstić information content (AvgIpc) is 2.67. The molecule has 1 amide bonds. The number of carbonyl (C=O) groups is 1. The van der Waals surface area contributed by atoms with Crippen LogP contribution >= 0.6 is 0 Å². The lowest BCUT2D eigenvalue weighted by molar-refractivity contribution is -0.132. The molecule has 0 spiro atoms. The van der Waals surface area contributed by atoms with Crippen molar-refractivity contribution in [3.63, 3.8) is 0 Å². The number of amides is 1. The highest BCUT2D eigenvalue weighted by Crippen LogP contribution is 2.16. The van der Waals surface area contributed by atoms with Gasteiger partial charge in [0.1, 0.15) is 5.82 Å². The molecule has 0 aromatic heterocycles. The summed E-state index contributed by atoms with van der Waals surface area (Å²) in [6, 6.07) is 6.45. The number of hydrogen-bond donors (Lipinski definition) is 0. The van der Waals surface area contributed by atoms with Crippen LogP contribution in [0.3, 0.4) is 0 Å². The molecule has 0 N–H and O–H groups in total. The summed E-state index contributed by atoms with van der Waals surface area (Å²) in [5, 5.41) is 0. The van der Waals surface area contributed by atoms with E-state index in [9.17, 15) is 17.6 Å². The molecule has 2 aliphatic heterocycles. The van der Waals surface area contributed by atoms with E-state index in [4.69, 9.17) is 0 Å². The van der Waals surface area contributed by atoms with Gasteiger partial charge in [-0.1, -0.05) is 18.2 Å². The van der Waals surface area contributed by atoms with Gasteiger partial charge >= 0.3 is 0 Å². The maximum absolute atomic E-state index is 13.7. The summed E-state index contributed by atoms with van der Waals surface area (Å²) in [7, 11) is -1.48. The van der Waals surface area contributed by atoms with Gasteiger partial charge in [0.05, 0.1) is 0 Å². The van der Waals surface area contributed by atoms with Crippen molar-refractivity contribution in [1.29, 1.82) is 0 Å². The smallest absolute Gasteiger partial charge is 0.282 e. The Morgan fingerprint density at radius 2 is 1.52 bits per heavy atom. The minimum absolute atomic E-state index is 0.0603. The van der Waals surface area contributed by atoms with Crippen molar-refractivity contribution in [1.82, 2.24) is 18.4 Å². The summed E-state index contributed by atoms with van der Waals surface area (Å²) in [6.45, 7) is 3.83. The van der Waals surface area contributed by atoms with Crippen LogP contribution in [-0.2, 0) is 21.4 Å². The molecule has 0 atom stereocenters. The number of carbonyl (C=O) groups excluding carboxylic acids is 1. The van der Waals surface area contributed by atoms with Gasteiger partial charge in [0.2, 0.25) is 5.91 Å². The van der Waals surface area contributed by atoms with Gasteiger partial charge in [-0.2, -0.15) is 17.0 Å². The van der Waals surface area contributed by atoms with E-state index in [1.165, 1.54) is 14.7 Å². The van der Waals surface area contributed by atoms with E-state index in [0.29, 0.717) is 51.3 Å². The standard InChI is InChI=1S/C18H27FN4O3S/c1-20-8-12-22(13-9-20)27(25,26)23-14-10-21(11-15-23)18(24)7-6-16-4-2-3-5-17(16)19/h2-5H,6-15H2,1H3. The van der Waals surface area contributed by atoms with Crippen LogP contribution < -0.4 is 0 Å². The number of benzene rings is 1. The highest BCUT2D eigenvalue weighted by molar-refractivity contribution is 7.86. The molecule has 2 aliphatic rings. The van der Waals surface area contributed by atoms with Crippen molar-refractivity contribution in [2.75, 3.05) is 59.4 Å². The van der Waals surface area contributed by atoms with Gasteiger partial charge in [-0.05, 0) is 25.1 Å². The largest absolute Gasteiger partial charge is 0.340 e. The predicted octanol–water partition coefficient (Wildman–Crippen LogP) is 0.395. The highest BCUT2D eigenvalue weighted by Gasteiger charge is 2.34. The van der Waals surface area contributed by atoms with Crippen molar-refractivity contribution in [2.24, 2.45) is 0 Å². The van der Waals surface area contributed by atoms with Crippen molar-refractivity contribution < 1.29 is 17.6 Å². The van der Waals surface area contributed by atoms with Gasteiger partial charge in [0.25, 0.3) is 10.2 Å². The van der Waals surface area contributed by atoms with Crippen LogP contribution in [0.5, 0.6) is 0 Å². The van der Waals surface area contributed by atoms with Crippen LogP contribution in [0.25, 0.3) is 0 Å². The molecule has 27 heavy (non-hydrogen) atoms. The average molecular weight is 399 g/mol. The minimum atomic E-state index is -3.47. The Morgan fingerprint density at radius 3 is 2.11 bits per heavy atom. The Hall–Kier alpha value is -1.55. The molecule has 9 heteroatoms. The predicted molar refractivity (Wildman–Crippen MR) is 101 cm³/mol. The van der Waals surface area contributed by atoms with Crippen LogP contribution in [0.4, 0.5) is 4.39 Å². The SMILES string of the molecule is CN1CCN(S(=O)(=O)N2CCN(C(=O)CCc3ccccc3F)CC2)CC1. The topological polar surface area (TPSA) is 64.2 Å². The number of nitrogens with zero attached hydrogens (tertiary/aromatic N) is 4. The maximum Gasteiger partial charge on any atom is 0.282 e. The Kier molecular flexibility index (Phi) is 6.46. The number of piperazine rings is 2. The molecule has 3 rings (SSSR count). The number of aryl methyl sites for hydroxylation is 1. The maximum atomic E-state index is 13.7. The second kappa shape index (κ2) is 8.64. The van der Waals surface area contributed by atoms with Crippen molar-refractivity contribution in [2.45, 2.75) is 12.8 Å². The minimum Gasteiger partial charge on any atom is -0.340 e. The number of rotatable bonds is 5. The van der Waals surface area contributed by atoms with Gasteiger partial charge in [-0.3, -0.25) is 4.79 Å². The third kappa shape index (κ3) is 4.84. The molecular formula is C18H27FN4O3S. The summed E-state index contributed by atoms with van der Waals surface area (Å²) in [6.07, 6.45) is 0.581. The zero-order valence-electron chi connectivity index (χ0n) is 15.7. The van der Waals surface area contributed by atoms with Crippen molar-refractivity contribution >= 4 is 16.1 Å². The van der Waals surface area contributed by atoms with Crippen LogP contribution in [-0.4, -0.2) is 92.1 Å². The Balaban J connectivity index is 1.49. The summed E-state index contributed by atoms with van der Waals surface area (Å²) < 4.78 is 42.2. The Morgan fingerprint density at radius 1 is 0.963 bits per heavy atom. The van der Waals surface area contributed by atoms with E-state index in [1.807, 2.05) is 7.05 Å². The monoisotopic (exact) mass is 398 g/mol. The first-order valence-corrected chi connectivity index (χ1v) is 10.7. The second-order valence-electron chi connectivity index (χ2n) is 7.08. The Bertz CT molecular complexity index is 758. The lowest BCUT2D eigenvalue weighted by atomic mass is 10.1. The van der Waals surface area contributed by atoms with Crippen LogP contribution in [0.15, 0.2) is 24.3 Å². The Labute approximate surface area is 160 Å². The van der Waals surface area contributed by atoms with Crippen LogP contribution in [0.2, 0.25) is 0 Å². The van der Waals surface area contributed by atoms with Gasteiger partial charge in [-0.25, -0.2) is 4.39 Å².